The molecular formula is C17H27FN4. The smallest absolute Gasteiger partial charge is 0.193 e. The first-order valence-electron chi connectivity index (χ1n) is 8.13. The molecule has 0 saturated carbocycles. The molecule has 1 aliphatic heterocycles. The standard InChI is InChI=1S/C17H27FN4/c1-4-8-17(2)9-6-11-22(13-17)16(19-3)21-12-15-14(18)7-5-10-20-15/h5,7,10H,4,6,8-9,11-13H2,1-3H3,(H,19,21). The molecular weight excluding hydrogens is 279 g/mol. The summed E-state index contributed by atoms with van der Waals surface area (Å²) in [6.07, 6.45) is 6.49. The molecule has 0 bridgehead atoms. The fraction of sp³-hybridized carbons (Fsp3) is 0.647. The Kier molecular flexibility index (Phi) is 5.75. The number of aromatic nitrogens is 1. The second kappa shape index (κ2) is 7.56. The zero-order valence-corrected chi connectivity index (χ0v) is 13.9. The third-order valence-corrected chi connectivity index (χ3v) is 4.39. The van der Waals surface area contributed by atoms with E-state index in [1.165, 1.54) is 31.7 Å². The van der Waals surface area contributed by atoms with Crippen molar-refractivity contribution in [1.29, 1.82) is 0 Å². The summed E-state index contributed by atoms with van der Waals surface area (Å²) in [5, 5.41) is 3.25. The van der Waals surface area contributed by atoms with Crippen molar-refractivity contribution in [3.05, 3.63) is 29.8 Å². The molecule has 1 aromatic heterocycles. The number of pyridine rings is 1. The van der Waals surface area contributed by atoms with E-state index >= 15 is 0 Å². The minimum atomic E-state index is -0.278. The maximum absolute atomic E-state index is 13.7. The van der Waals surface area contributed by atoms with Crippen LogP contribution in [0, 0.1) is 11.2 Å². The lowest BCUT2D eigenvalue weighted by molar-refractivity contribution is 0.142. The zero-order valence-electron chi connectivity index (χ0n) is 13.9. The molecule has 1 atom stereocenters. The van der Waals surface area contributed by atoms with Crippen molar-refractivity contribution < 1.29 is 4.39 Å². The molecule has 2 heterocycles. The van der Waals surface area contributed by atoms with E-state index in [2.05, 4.69) is 34.0 Å². The van der Waals surface area contributed by atoms with Crippen LogP contribution in [0.25, 0.3) is 0 Å². The van der Waals surface area contributed by atoms with Crippen LogP contribution < -0.4 is 5.32 Å². The number of hydrogen-bond acceptors (Lipinski definition) is 2. The van der Waals surface area contributed by atoms with E-state index in [1.807, 2.05) is 0 Å². The summed E-state index contributed by atoms with van der Waals surface area (Å²) in [5.74, 6) is 0.562. The molecule has 0 amide bonds. The lowest BCUT2D eigenvalue weighted by Gasteiger charge is -2.42. The molecule has 0 aliphatic carbocycles. The number of nitrogens with zero attached hydrogens (tertiary/aromatic N) is 3. The minimum absolute atomic E-state index is 0.278. The largest absolute Gasteiger partial charge is 0.350 e. The molecule has 5 heteroatoms. The number of guanidine groups is 1. The van der Waals surface area contributed by atoms with Gasteiger partial charge in [0.1, 0.15) is 5.82 Å². The third-order valence-electron chi connectivity index (χ3n) is 4.39. The molecule has 1 unspecified atom stereocenters. The fourth-order valence-electron chi connectivity index (χ4n) is 3.35. The molecule has 1 fully saturated rings. The van der Waals surface area contributed by atoms with Gasteiger partial charge < -0.3 is 10.2 Å². The quantitative estimate of drug-likeness (QED) is 0.686. The topological polar surface area (TPSA) is 40.5 Å². The number of hydrogen-bond donors (Lipinski definition) is 1. The van der Waals surface area contributed by atoms with E-state index in [-0.39, 0.29) is 5.82 Å². The van der Waals surface area contributed by atoms with Gasteiger partial charge in [0.2, 0.25) is 0 Å². The fourth-order valence-corrected chi connectivity index (χ4v) is 3.35. The Bertz CT molecular complexity index is 513. The van der Waals surface area contributed by atoms with Crippen LogP contribution in [-0.4, -0.2) is 36.0 Å². The van der Waals surface area contributed by atoms with Crippen molar-refractivity contribution in [3.8, 4) is 0 Å². The van der Waals surface area contributed by atoms with Gasteiger partial charge in [-0.15, -0.1) is 0 Å². The summed E-state index contributed by atoms with van der Waals surface area (Å²) in [6.45, 7) is 6.96. The number of nitrogens with one attached hydrogen (secondary N) is 1. The van der Waals surface area contributed by atoms with Crippen molar-refractivity contribution in [3.63, 3.8) is 0 Å². The van der Waals surface area contributed by atoms with Crippen LogP contribution in [0.2, 0.25) is 0 Å². The maximum atomic E-state index is 13.7. The summed E-state index contributed by atoms with van der Waals surface area (Å²) in [4.78, 5) is 10.7. The third kappa shape index (κ3) is 4.18. The van der Waals surface area contributed by atoms with Gasteiger partial charge in [-0.3, -0.25) is 9.98 Å². The van der Waals surface area contributed by atoms with E-state index < -0.39 is 0 Å². The van der Waals surface area contributed by atoms with Crippen molar-refractivity contribution >= 4 is 5.96 Å². The highest BCUT2D eigenvalue weighted by Gasteiger charge is 2.31. The summed E-state index contributed by atoms with van der Waals surface area (Å²) in [5.41, 5.74) is 0.776. The first-order chi connectivity index (χ1) is 10.6. The van der Waals surface area contributed by atoms with Gasteiger partial charge in [-0.05, 0) is 36.8 Å². The van der Waals surface area contributed by atoms with E-state index in [4.69, 9.17) is 0 Å². The normalized spacial score (nSPS) is 22.7. The number of halogens is 1. The second-order valence-corrected chi connectivity index (χ2v) is 6.42. The molecule has 0 aromatic carbocycles. The van der Waals surface area contributed by atoms with Crippen LogP contribution in [0.5, 0.6) is 0 Å². The molecule has 1 saturated heterocycles. The molecule has 22 heavy (non-hydrogen) atoms. The average Bonchev–Trinajstić information content (AvgIpc) is 2.49. The Morgan fingerprint density at radius 2 is 2.36 bits per heavy atom. The first-order valence-corrected chi connectivity index (χ1v) is 8.13. The van der Waals surface area contributed by atoms with Crippen molar-refractivity contribution in [1.82, 2.24) is 15.2 Å². The highest BCUT2D eigenvalue weighted by molar-refractivity contribution is 5.80. The van der Waals surface area contributed by atoms with Crippen LogP contribution in [0.1, 0.15) is 45.2 Å². The van der Waals surface area contributed by atoms with Gasteiger partial charge in [0.25, 0.3) is 0 Å². The molecule has 1 aliphatic rings. The molecule has 1 aromatic rings. The Hall–Kier alpha value is -1.65. The molecule has 1 N–H and O–H groups in total. The van der Waals surface area contributed by atoms with Gasteiger partial charge in [-0.2, -0.15) is 0 Å². The number of likely N-dealkylation sites (tertiary alicyclic amines) is 1. The first kappa shape index (κ1) is 16.7. The molecule has 4 nitrogen and oxygen atoms in total. The molecule has 0 radical (unpaired) electrons. The Labute approximate surface area is 132 Å². The minimum Gasteiger partial charge on any atom is -0.350 e. The number of rotatable bonds is 4. The number of aliphatic imine (C=N–C) groups is 1. The average molecular weight is 306 g/mol. The Balaban J connectivity index is 1.98. The predicted molar refractivity (Wildman–Crippen MR) is 88.2 cm³/mol. The Morgan fingerprint density at radius 1 is 1.55 bits per heavy atom. The highest BCUT2D eigenvalue weighted by Crippen LogP contribution is 2.33. The lowest BCUT2D eigenvalue weighted by Crippen LogP contribution is -2.49. The predicted octanol–water partition coefficient (Wildman–Crippen LogP) is 3.20. The zero-order chi connectivity index (χ0) is 16.0. The van der Waals surface area contributed by atoms with Gasteiger partial charge in [-0.25, -0.2) is 4.39 Å². The summed E-state index contributed by atoms with van der Waals surface area (Å²) < 4.78 is 13.7. The van der Waals surface area contributed by atoms with Gasteiger partial charge >= 0.3 is 0 Å². The van der Waals surface area contributed by atoms with Crippen LogP contribution in [-0.2, 0) is 6.54 Å². The Morgan fingerprint density at radius 3 is 3.05 bits per heavy atom. The highest BCUT2D eigenvalue weighted by atomic mass is 19.1. The lowest BCUT2D eigenvalue weighted by atomic mass is 9.78. The van der Waals surface area contributed by atoms with E-state index in [1.54, 1.807) is 19.3 Å². The van der Waals surface area contributed by atoms with Gasteiger partial charge in [0.15, 0.2) is 5.96 Å². The van der Waals surface area contributed by atoms with Crippen molar-refractivity contribution in [2.75, 3.05) is 20.1 Å². The van der Waals surface area contributed by atoms with E-state index in [9.17, 15) is 4.39 Å². The SMILES string of the molecule is CCCC1(C)CCCN(C(=NC)NCc2ncccc2F)C1. The maximum Gasteiger partial charge on any atom is 0.193 e. The van der Waals surface area contributed by atoms with Crippen LogP contribution >= 0.6 is 0 Å². The second-order valence-electron chi connectivity index (χ2n) is 6.42. The summed E-state index contributed by atoms with van der Waals surface area (Å²) >= 11 is 0. The van der Waals surface area contributed by atoms with Crippen LogP contribution in [0.4, 0.5) is 4.39 Å². The summed E-state index contributed by atoms with van der Waals surface area (Å²) in [7, 11) is 1.78. The van der Waals surface area contributed by atoms with Gasteiger partial charge in [0, 0.05) is 26.3 Å². The van der Waals surface area contributed by atoms with Gasteiger partial charge in [-0.1, -0.05) is 20.3 Å². The van der Waals surface area contributed by atoms with Crippen LogP contribution in [0.15, 0.2) is 23.3 Å². The monoisotopic (exact) mass is 306 g/mol. The number of piperidine rings is 1. The van der Waals surface area contributed by atoms with Crippen molar-refractivity contribution in [2.45, 2.75) is 46.1 Å². The van der Waals surface area contributed by atoms with Gasteiger partial charge in [0.05, 0.1) is 12.2 Å². The molecule has 122 valence electrons. The van der Waals surface area contributed by atoms with Crippen LogP contribution in [0.3, 0.4) is 0 Å². The van der Waals surface area contributed by atoms with Crippen molar-refractivity contribution in [2.24, 2.45) is 10.4 Å². The molecule has 2 rings (SSSR count). The summed E-state index contributed by atoms with van der Waals surface area (Å²) in [6, 6.07) is 3.04. The molecule has 0 spiro atoms. The van der Waals surface area contributed by atoms with E-state index in [0.717, 1.165) is 19.0 Å². The van der Waals surface area contributed by atoms with E-state index in [0.29, 0.717) is 17.7 Å².